The topological polar surface area (TPSA) is 18.5 Å². The Kier molecular flexibility index (Phi) is 4.32. The molecule has 0 radical (unpaired) electrons. The van der Waals surface area contributed by atoms with Gasteiger partial charge in [-0.2, -0.15) is 4.39 Å². The molecule has 0 N–H and O–H groups in total. The van der Waals surface area contributed by atoms with Gasteiger partial charge in [-0.15, -0.1) is 0 Å². The van der Waals surface area contributed by atoms with Crippen LogP contribution in [0.3, 0.4) is 0 Å². The number of hydrogen-bond acceptors (Lipinski definition) is 2. The molecule has 1 aromatic rings. The predicted molar refractivity (Wildman–Crippen MR) is 48.3 cm³/mol. The molecule has 0 saturated heterocycles. The van der Waals surface area contributed by atoms with Crippen LogP contribution in [0.5, 0.6) is 5.75 Å². The van der Waals surface area contributed by atoms with Crippen molar-refractivity contribution in [1.29, 1.82) is 0 Å². The minimum absolute atomic E-state index is 0.0545. The summed E-state index contributed by atoms with van der Waals surface area (Å²) in [7, 11) is 1.57. The molecular formula is C10H12F2O2. The third-order valence-electron chi connectivity index (χ3n) is 1.67. The highest BCUT2D eigenvalue weighted by Crippen LogP contribution is 2.18. The smallest absolute Gasteiger partial charge is 0.200 e. The van der Waals surface area contributed by atoms with Crippen LogP contribution in [0.15, 0.2) is 18.2 Å². The highest BCUT2D eigenvalue weighted by atomic mass is 19.2. The van der Waals surface area contributed by atoms with Gasteiger partial charge in [0.15, 0.2) is 11.6 Å². The molecule has 0 saturated carbocycles. The molecule has 1 rings (SSSR count). The summed E-state index contributed by atoms with van der Waals surface area (Å²) in [6, 6.07) is 3.85. The molecule has 0 aliphatic heterocycles. The van der Waals surface area contributed by atoms with Gasteiger partial charge in [0.25, 0.3) is 0 Å². The molecule has 0 bridgehead atoms. The van der Waals surface area contributed by atoms with Crippen LogP contribution in [0.4, 0.5) is 8.78 Å². The van der Waals surface area contributed by atoms with E-state index in [1.807, 2.05) is 0 Å². The molecule has 0 aliphatic rings. The molecule has 0 atom stereocenters. The van der Waals surface area contributed by atoms with Gasteiger partial charge in [0, 0.05) is 20.1 Å². The van der Waals surface area contributed by atoms with Gasteiger partial charge in [-0.25, -0.2) is 4.39 Å². The largest absolute Gasteiger partial charge is 0.490 e. The van der Waals surface area contributed by atoms with Crippen molar-refractivity contribution in [2.75, 3.05) is 20.3 Å². The second-order valence-electron chi connectivity index (χ2n) is 2.75. The van der Waals surface area contributed by atoms with E-state index in [4.69, 9.17) is 9.47 Å². The summed E-state index contributed by atoms with van der Waals surface area (Å²) >= 11 is 0. The van der Waals surface area contributed by atoms with Crippen LogP contribution in [-0.4, -0.2) is 20.3 Å². The van der Waals surface area contributed by atoms with Gasteiger partial charge in [0.1, 0.15) is 0 Å². The fourth-order valence-electron chi connectivity index (χ4n) is 0.981. The van der Waals surface area contributed by atoms with E-state index in [0.717, 1.165) is 6.07 Å². The molecule has 0 fully saturated rings. The van der Waals surface area contributed by atoms with E-state index in [1.165, 1.54) is 12.1 Å². The van der Waals surface area contributed by atoms with Crippen molar-refractivity contribution in [2.24, 2.45) is 0 Å². The maximum atomic E-state index is 13.0. The fraction of sp³-hybridized carbons (Fsp3) is 0.400. The summed E-state index contributed by atoms with van der Waals surface area (Å²) in [5.41, 5.74) is 0. The Morgan fingerprint density at radius 1 is 1.21 bits per heavy atom. The number of ether oxygens (including phenoxy) is 2. The lowest BCUT2D eigenvalue weighted by molar-refractivity contribution is 0.170. The number of benzene rings is 1. The average Bonchev–Trinajstić information content (AvgIpc) is 2.19. The summed E-state index contributed by atoms with van der Waals surface area (Å²) < 4.78 is 35.5. The van der Waals surface area contributed by atoms with E-state index in [0.29, 0.717) is 19.6 Å². The summed E-state index contributed by atoms with van der Waals surface area (Å²) in [6.07, 6.45) is 0.645. The molecule has 14 heavy (non-hydrogen) atoms. The zero-order valence-corrected chi connectivity index (χ0v) is 7.93. The van der Waals surface area contributed by atoms with Crippen molar-refractivity contribution < 1.29 is 18.3 Å². The van der Waals surface area contributed by atoms with Gasteiger partial charge < -0.3 is 9.47 Å². The zero-order valence-electron chi connectivity index (χ0n) is 7.93. The van der Waals surface area contributed by atoms with Crippen LogP contribution in [0, 0.1) is 11.6 Å². The summed E-state index contributed by atoms with van der Waals surface area (Å²) in [6.45, 7) is 0.852. The highest BCUT2D eigenvalue weighted by Gasteiger charge is 2.07. The lowest BCUT2D eigenvalue weighted by atomic mass is 10.3. The Labute approximate surface area is 81.4 Å². The lowest BCUT2D eigenvalue weighted by Gasteiger charge is -2.06. The first-order valence-electron chi connectivity index (χ1n) is 4.31. The maximum absolute atomic E-state index is 13.0. The molecule has 78 valence electrons. The minimum Gasteiger partial charge on any atom is -0.490 e. The Balaban J connectivity index is 2.46. The van der Waals surface area contributed by atoms with Gasteiger partial charge in [0.05, 0.1) is 6.61 Å². The maximum Gasteiger partial charge on any atom is 0.200 e. The van der Waals surface area contributed by atoms with Gasteiger partial charge in [-0.1, -0.05) is 6.07 Å². The van der Waals surface area contributed by atoms with Crippen molar-refractivity contribution in [1.82, 2.24) is 0 Å². The zero-order chi connectivity index (χ0) is 10.4. The van der Waals surface area contributed by atoms with Crippen LogP contribution in [0.25, 0.3) is 0 Å². The Morgan fingerprint density at radius 2 is 2.00 bits per heavy atom. The van der Waals surface area contributed by atoms with E-state index < -0.39 is 11.6 Å². The van der Waals surface area contributed by atoms with Gasteiger partial charge >= 0.3 is 0 Å². The van der Waals surface area contributed by atoms with Crippen LogP contribution in [0.2, 0.25) is 0 Å². The SMILES string of the molecule is COCCCOc1cccc(F)c1F. The Morgan fingerprint density at radius 3 is 2.71 bits per heavy atom. The molecule has 0 heterocycles. The van der Waals surface area contributed by atoms with Gasteiger partial charge in [-0.3, -0.25) is 0 Å². The van der Waals surface area contributed by atoms with Gasteiger partial charge in [-0.05, 0) is 12.1 Å². The third-order valence-corrected chi connectivity index (χ3v) is 1.67. The Hall–Kier alpha value is -1.16. The molecule has 0 aliphatic carbocycles. The lowest BCUT2D eigenvalue weighted by Crippen LogP contribution is -2.03. The highest BCUT2D eigenvalue weighted by molar-refractivity contribution is 5.24. The molecular weight excluding hydrogens is 190 g/mol. The quantitative estimate of drug-likeness (QED) is 0.682. The van der Waals surface area contributed by atoms with Crippen molar-refractivity contribution in [3.05, 3.63) is 29.8 Å². The van der Waals surface area contributed by atoms with Crippen molar-refractivity contribution in [2.45, 2.75) is 6.42 Å². The molecule has 4 heteroatoms. The molecule has 1 aromatic carbocycles. The number of methoxy groups -OCH3 is 1. The summed E-state index contributed by atoms with van der Waals surface area (Å²) in [4.78, 5) is 0. The summed E-state index contributed by atoms with van der Waals surface area (Å²) in [5, 5.41) is 0. The van der Waals surface area contributed by atoms with E-state index in [2.05, 4.69) is 0 Å². The van der Waals surface area contributed by atoms with E-state index in [9.17, 15) is 8.78 Å². The molecule has 0 aromatic heterocycles. The second-order valence-corrected chi connectivity index (χ2v) is 2.75. The Bertz CT molecular complexity index is 289. The van der Waals surface area contributed by atoms with E-state index >= 15 is 0 Å². The molecule has 2 nitrogen and oxygen atoms in total. The normalized spacial score (nSPS) is 10.2. The first-order valence-corrected chi connectivity index (χ1v) is 4.31. The number of rotatable bonds is 5. The average molecular weight is 202 g/mol. The van der Waals surface area contributed by atoms with Crippen molar-refractivity contribution in [3.63, 3.8) is 0 Å². The second kappa shape index (κ2) is 5.54. The third kappa shape index (κ3) is 2.96. The standard InChI is InChI=1S/C10H12F2O2/c1-13-6-3-7-14-9-5-2-4-8(11)10(9)12/h2,4-5H,3,6-7H2,1H3. The van der Waals surface area contributed by atoms with Crippen molar-refractivity contribution >= 4 is 0 Å². The van der Waals surface area contributed by atoms with Crippen LogP contribution < -0.4 is 4.74 Å². The minimum atomic E-state index is -0.940. The number of halogens is 2. The van der Waals surface area contributed by atoms with Crippen LogP contribution in [0.1, 0.15) is 6.42 Å². The fourth-order valence-corrected chi connectivity index (χ4v) is 0.981. The van der Waals surface area contributed by atoms with E-state index in [1.54, 1.807) is 7.11 Å². The molecule has 0 spiro atoms. The van der Waals surface area contributed by atoms with E-state index in [-0.39, 0.29) is 5.75 Å². The number of hydrogen-bond donors (Lipinski definition) is 0. The summed E-state index contributed by atoms with van der Waals surface area (Å²) in [5.74, 6) is -1.89. The van der Waals surface area contributed by atoms with Crippen molar-refractivity contribution in [3.8, 4) is 5.75 Å². The molecule has 0 amide bonds. The monoisotopic (exact) mass is 202 g/mol. The first-order chi connectivity index (χ1) is 6.75. The van der Waals surface area contributed by atoms with Crippen LogP contribution >= 0.6 is 0 Å². The van der Waals surface area contributed by atoms with Crippen LogP contribution in [-0.2, 0) is 4.74 Å². The van der Waals surface area contributed by atoms with Gasteiger partial charge in [0.2, 0.25) is 5.82 Å². The predicted octanol–water partition coefficient (Wildman–Crippen LogP) is 2.38. The molecule has 0 unspecified atom stereocenters. The first kappa shape index (κ1) is 10.9.